The van der Waals surface area contributed by atoms with Gasteiger partial charge < -0.3 is 10.2 Å². The van der Waals surface area contributed by atoms with Gasteiger partial charge in [0.1, 0.15) is 0 Å². The topological polar surface area (TPSA) is 32.3 Å². The zero-order chi connectivity index (χ0) is 12.5. The number of benzene rings is 1. The first-order valence-corrected chi connectivity index (χ1v) is 6.89. The van der Waals surface area contributed by atoms with Crippen LogP contribution in [0.3, 0.4) is 0 Å². The Morgan fingerprint density at radius 2 is 2.11 bits per heavy atom. The number of aryl methyl sites for hydroxylation is 2. The minimum atomic E-state index is 0. The molecule has 1 amide bonds. The van der Waals surface area contributed by atoms with Crippen LogP contribution >= 0.6 is 12.4 Å². The maximum Gasteiger partial charge on any atom is 0.254 e. The number of hydrogen-bond donors (Lipinski definition) is 1. The second-order valence-corrected chi connectivity index (χ2v) is 5.39. The van der Waals surface area contributed by atoms with Gasteiger partial charge in [0.25, 0.3) is 5.91 Å². The van der Waals surface area contributed by atoms with Crippen molar-refractivity contribution < 1.29 is 4.79 Å². The van der Waals surface area contributed by atoms with E-state index in [1.54, 1.807) is 0 Å². The molecule has 1 atom stereocenters. The lowest BCUT2D eigenvalue weighted by atomic mass is 10.0. The molecule has 4 heteroatoms. The summed E-state index contributed by atoms with van der Waals surface area (Å²) in [4.78, 5) is 14.5. The number of halogens is 1. The molecule has 0 radical (unpaired) electrons. The van der Waals surface area contributed by atoms with Crippen molar-refractivity contribution in [2.75, 3.05) is 19.6 Å². The normalized spacial score (nSPS) is 21.7. The minimum absolute atomic E-state index is 0. The summed E-state index contributed by atoms with van der Waals surface area (Å²) in [5.74, 6) is 0.193. The van der Waals surface area contributed by atoms with Gasteiger partial charge in [-0.2, -0.15) is 0 Å². The van der Waals surface area contributed by atoms with Gasteiger partial charge in [0, 0.05) is 31.2 Å². The third-order valence-corrected chi connectivity index (χ3v) is 4.11. The van der Waals surface area contributed by atoms with Crippen LogP contribution < -0.4 is 5.32 Å². The highest BCUT2D eigenvalue weighted by Gasteiger charge is 2.24. The molecule has 1 heterocycles. The first kappa shape index (κ1) is 14.4. The smallest absolute Gasteiger partial charge is 0.254 e. The Kier molecular flexibility index (Phi) is 4.48. The van der Waals surface area contributed by atoms with Crippen LogP contribution in [-0.2, 0) is 12.8 Å². The van der Waals surface area contributed by atoms with E-state index in [2.05, 4.69) is 24.4 Å². The van der Waals surface area contributed by atoms with Crippen LogP contribution in [0, 0.1) is 0 Å². The molecule has 0 saturated carbocycles. The summed E-state index contributed by atoms with van der Waals surface area (Å²) in [6, 6.07) is 6.54. The molecular formula is C15H21ClN2O. The van der Waals surface area contributed by atoms with E-state index >= 15 is 0 Å². The highest BCUT2D eigenvalue weighted by atomic mass is 35.5. The van der Waals surface area contributed by atoms with Gasteiger partial charge in [-0.15, -0.1) is 12.4 Å². The molecule has 1 unspecified atom stereocenters. The molecule has 0 aromatic heterocycles. The third kappa shape index (κ3) is 2.77. The summed E-state index contributed by atoms with van der Waals surface area (Å²) in [5.41, 5.74) is 3.67. The standard InChI is InChI=1S/C15H20N2O.ClH/c1-11-10-16-7-8-17(11)15(18)14-6-5-12-3-2-4-13(12)9-14;/h5-6,9,11,16H,2-4,7-8,10H2,1H3;1H. The number of nitrogens with zero attached hydrogens (tertiary/aromatic N) is 1. The fraction of sp³-hybridized carbons (Fsp3) is 0.533. The summed E-state index contributed by atoms with van der Waals surface area (Å²) in [6.07, 6.45) is 3.54. The SMILES string of the molecule is CC1CNCCN1C(=O)c1ccc2c(c1)CCC2.Cl. The van der Waals surface area contributed by atoms with E-state index in [0.717, 1.165) is 31.6 Å². The Hall–Kier alpha value is -1.06. The summed E-state index contributed by atoms with van der Waals surface area (Å²) in [5, 5.41) is 3.32. The number of fused-ring (bicyclic) bond motifs is 1. The van der Waals surface area contributed by atoms with Crippen LogP contribution in [-0.4, -0.2) is 36.5 Å². The van der Waals surface area contributed by atoms with Gasteiger partial charge in [0.2, 0.25) is 0 Å². The predicted octanol–water partition coefficient (Wildman–Crippen LogP) is 2.03. The van der Waals surface area contributed by atoms with E-state index < -0.39 is 0 Å². The summed E-state index contributed by atoms with van der Waals surface area (Å²) in [6.45, 7) is 4.73. The molecule has 1 aromatic carbocycles. The van der Waals surface area contributed by atoms with Crippen LogP contribution in [0.2, 0.25) is 0 Å². The van der Waals surface area contributed by atoms with Gasteiger partial charge in [0.05, 0.1) is 0 Å². The third-order valence-electron chi connectivity index (χ3n) is 4.11. The molecule has 1 saturated heterocycles. The van der Waals surface area contributed by atoms with Crippen molar-refractivity contribution >= 4 is 18.3 Å². The number of carbonyl (C=O) groups is 1. The van der Waals surface area contributed by atoms with Crippen molar-refractivity contribution in [1.82, 2.24) is 10.2 Å². The van der Waals surface area contributed by atoms with Gasteiger partial charge in [-0.25, -0.2) is 0 Å². The molecule has 2 aliphatic rings. The average Bonchev–Trinajstić information content (AvgIpc) is 2.85. The van der Waals surface area contributed by atoms with Crippen LogP contribution in [0.4, 0.5) is 0 Å². The first-order valence-electron chi connectivity index (χ1n) is 6.89. The van der Waals surface area contributed by atoms with E-state index in [1.165, 1.54) is 24.0 Å². The zero-order valence-electron chi connectivity index (χ0n) is 11.3. The number of hydrogen-bond acceptors (Lipinski definition) is 2. The lowest BCUT2D eigenvalue weighted by molar-refractivity contribution is 0.0655. The summed E-state index contributed by atoms with van der Waals surface area (Å²) >= 11 is 0. The highest BCUT2D eigenvalue weighted by molar-refractivity contribution is 5.94. The molecule has 0 bridgehead atoms. The van der Waals surface area contributed by atoms with E-state index in [-0.39, 0.29) is 18.3 Å². The molecule has 3 rings (SSSR count). The van der Waals surface area contributed by atoms with Crippen LogP contribution in [0.5, 0.6) is 0 Å². The molecule has 1 N–H and O–H groups in total. The first-order chi connectivity index (χ1) is 8.75. The molecule has 19 heavy (non-hydrogen) atoms. The summed E-state index contributed by atoms with van der Waals surface area (Å²) in [7, 11) is 0. The Morgan fingerprint density at radius 1 is 1.32 bits per heavy atom. The maximum atomic E-state index is 12.5. The van der Waals surface area contributed by atoms with Gasteiger partial charge in [0.15, 0.2) is 0 Å². The van der Waals surface area contributed by atoms with Crippen molar-refractivity contribution in [2.24, 2.45) is 0 Å². The Morgan fingerprint density at radius 3 is 2.89 bits per heavy atom. The van der Waals surface area contributed by atoms with Crippen molar-refractivity contribution in [3.63, 3.8) is 0 Å². The Balaban J connectivity index is 0.00000133. The van der Waals surface area contributed by atoms with Gasteiger partial charge in [-0.1, -0.05) is 6.07 Å². The van der Waals surface area contributed by atoms with Gasteiger partial charge >= 0.3 is 0 Å². The van der Waals surface area contributed by atoms with Crippen molar-refractivity contribution in [1.29, 1.82) is 0 Å². The lowest BCUT2D eigenvalue weighted by Gasteiger charge is -2.34. The summed E-state index contributed by atoms with van der Waals surface area (Å²) < 4.78 is 0. The minimum Gasteiger partial charge on any atom is -0.333 e. The fourth-order valence-corrected chi connectivity index (χ4v) is 3.01. The number of carbonyl (C=O) groups excluding carboxylic acids is 1. The van der Waals surface area contributed by atoms with Crippen LogP contribution in [0.15, 0.2) is 18.2 Å². The Labute approximate surface area is 120 Å². The predicted molar refractivity (Wildman–Crippen MR) is 79.1 cm³/mol. The number of piperazine rings is 1. The van der Waals surface area contributed by atoms with E-state index in [1.807, 2.05) is 11.0 Å². The van der Waals surface area contributed by atoms with E-state index in [9.17, 15) is 4.79 Å². The van der Waals surface area contributed by atoms with Crippen molar-refractivity contribution in [2.45, 2.75) is 32.2 Å². The quantitative estimate of drug-likeness (QED) is 0.854. The molecule has 1 aliphatic heterocycles. The number of amides is 1. The zero-order valence-corrected chi connectivity index (χ0v) is 12.1. The number of rotatable bonds is 1. The average molecular weight is 281 g/mol. The molecule has 0 spiro atoms. The van der Waals surface area contributed by atoms with E-state index in [0.29, 0.717) is 6.04 Å². The second-order valence-electron chi connectivity index (χ2n) is 5.39. The fourth-order valence-electron chi connectivity index (χ4n) is 3.01. The number of nitrogens with one attached hydrogen (secondary N) is 1. The van der Waals surface area contributed by atoms with Crippen LogP contribution in [0.25, 0.3) is 0 Å². The molecule has 1 aromatic rings. The largest absolute Gasteiger partial charge is 0.333 e. The molecular weight excluding hydrogens is 260 g/mol. The Bertz CT molecular complexity index is 475. The monoisotopic (exact) mass is 280 g/mol. The highest BCUT2D eigenvalue weighted by Crippen LogP contribution is 2.23. The van der Waals surface area contributed by atoms with Crippen molar-refractivity contribution in [3.05, 3.63) is 34.9 Å². The molecule has 1 aliphatic carbocycles. The van der Waals surface area contributed by atoms with E-state index in [4.69, 9.17) is 0 Å². The van der Waals surface area contributed by atoms with Crippen molar-refractivity contribution in [3.8, 4) is 0 Å². The van der Waals surface area contributed by atoms with Gasteiger partial charge in [-0.3, -0.25) is 4.79 Å². The lowest BCUT2D eigenvalue weighted by Crippen LogP contribution is -2.52. The van der Waals surface area contributed by atoms with Gasteiger partial charge in [-0.05, 0) is 49.4 Å². The second kappa shape index (κ2) is 5.93. The molecule has 104 valence electrons. The molecule has 1 fully saturated rings. The maximum absolute atomic E-state index is 12.5. The molecule has 3 nitrogen and oxygen atoms in total. The van der Waals surface area contributed by atoms with Crippen LogP contribution in [0.1, 0.15) is 34.8 Å².